The van der Waals surface area contributed by atoms with Crippen LogP contribution in [0.4, 0.5) is 0 Å². The van der Waals surface area contributed by atoms with E-state index >= 15 is 0 Å². The van der Waals surface area contributed by atoms with Crippen molar-refractivity contribution in [1.29, 1.82) is 5.26 Å². The van der Waals surface area contributed by atoms with E-state index in [0.29, 0.717) is 11.5 Å². The van der Waals surface area contributed by atoms with Crippen LogP contribution < -0.4 is 9.47 Å². The summed E-state index contributed by atoms with van der Waals surface area (Å²) in [6.45, 7) is 1.95. The number of ether oxygens (including phenoxy) is 2. The first-order valence-corrected chi connectivity index (χ1v) is 4.72. The first-order valence-electron chi connectivity index (χ1n) is 4.72. The molecule has 0 saturated carbocycles. The van der Waals surface area contributed by atoms with E-state index in [-0.39, 0.29) is 6.61 Å². The third-order valence-electron chi connectivity index (χ3n) is 2.24. The third kappa shape index (κ3) is 1.88. The Bertz CT molecular complexity index is 411. The molecule has 1 heterocycles. The van der Waals surface area contributed by atoms with E-state index in [4.69, 9.17) is 14.7 Å². The van der Waals surface area contributed by atoms with E-state index in [2.05, 4.69) is 0 Å². The molecule has 2 atom stereocenters. The number of nitriles is 1. The highest BCUT2D eigenvalue weighted by Gasteiger charge is 2.22. The molecular formula is C11H11NO3. The molecule has 15 heavy (non-hydrogen) atoms. The molecule has 1 aromatic carbocycles. The second-order valence-corrected chi connectivity index (χ2v) is 3.42. The molecule has 1 N–H and O–H groups in total. The normalized spacial score (nSPS) is 19.9. The summed E-state index contributed by atoms with van der Waals surface area (Å²) in [5.74, 6) is 1.21. The lowest BCUT2D eigenvalue weighted by molar-refractivity contribution is 0.140. The Balaban J connectivity index is 2.20. The first kappa shape index (κ1) is 9.81. The van der Waals surface area contributed by atoms with Crippen molar-refractivity contribution in [3.63, 3.8) is 0 Å². The molecule has 0 saturated heterocycles. The maximum Gasteiger partial charge on any atom is 0.181 e. The third-order valence-corrected chi connectivity index (χ3v) is 2.24. The van der Waals surface area contributed by atoms with Crippen LogP contribution in [0.5, 0.6) is 11.5 Å². The highest BCUT2D eigenvalue weighted by Crippen LogP contribution is 2.35. The Labute approximate surface area is 87.7 Å². The molecule has 4 nitrogen and oxygen atoms in total. The van der Waals surface area contributed by atoms with Gasteiger partial charge in [-0.3, -0.25) is 0 Å². The Morgan fingerprint density at radius 3 is 3.20 bits per heavy atom. The number of aliphatic hydroxyl groups is 1. The average Bonchev–Trinajstić information content (AvgIpc) is 2.60. The lowest BCUT2D eigenvalue weighted by Gasteiger charge is -2.08. The van der Waals surface area contributed by atoms with Gasteiger partial charge in [-0.25, -0.2) is 0 Å². The summed E-state index contributed by atoms with van der Waals surface area (Å²) < 4.78 is 10.6. The zero-order chi connectivity index (χ0) is 10.8. The van der Waals surface area contributed by atoms with Crippen molar-refractivity contribution in [1.82, 2.24) is 0 Å². The Kier molecular flexibility index (Phi) is 2.48. The Hall–Kier alpha value is -1.73. The fourth-order valence-corrected chi connectivity index (χ4v) is 1.48. The molecule has 1 aliphatic heterocycles. The summed E-state index contributed by atoms with van der Waals surface area (Å²) in [5.41, 5.74) is 0.770. The molecule has 0 spiro atoms. The highest BCUT2D eigenvalue weighted by molar-refractivity contribution is 5.44. The van der Waals surface area contributed by atoms with Gasteiger partial charge in [0.2, 0.25) is 0 Å². The number of aliphatic hydroxyl groups excluding tert-OH is 1. The molecule has 0 bridgehead atoms. The van der Waals surface area contributed by atoms with Gasteiger partial charge in [-0.15, -0.1) is 0 Å². The van der Waals surface area contributed by atoms with E-state index in [9.17, 15) is 5.11 Å². The molecule has 1 aromatic rings. The highest BCUT2D eigenvalue weighted by atomic mass is 16.5. The summed E-state index contributed by atoms with van der Waals surface area (Å²) in [4.78, 5) is 0. The quantitative estimate of drug-likeness (QED) is 0.792. The van der Waals surface area contributed by atoms with Crippen molar-refractivity contribution in [3.05, 3.63) is 23.8 Å². The smallest absolute Gasteiger partial charge is 0.181 e. The number of fused-ring (bicyclic) bond motifs is 1. The molecule has 1 aliphatic rings. The number of hydrogen-bond donors (Lipinski definition) is 1. The minimum atomic E-state index is -0.553. The van der Waals surface area contributed by atoms with Gasteiger partial charge < -0.3 is 14.6 Å². The molecular weight excluding hydrogens is 194 g/mol. The van der Waals surface area contributed by atoms with Crippen molar-refractivity contribution < 1.29 is 14.6 Å². The summed E-state index contributed by atoms with van der Waals surface area (Å²) >= 11 is 0. The number of hydrogen-bond acceptors (Lipinski definition) is 4. The van der Waals surface area contributed by atoms with Crippen LogP contribution in [-0.2, 0) is 0 Å². The first-order chi connectivity index (χ1) is 7.20. The van der Waals surface area contributed by atoms with Crippen LogP contribution >= 0.6 is 0 Å². The van der Waals surface area contributed by atoms with Crippen LogP contribution in [0.3, 0.4) is 0 Å². The summed E-state index contributed by atoms with van der Waals surface area (Å²) in [6.07, 6.45) is -1.04. The van der Waals surface area contributed by atoms with Crippen LogP contribution in [0.1, 0.15) is 18.6 Å². The average molecular weight is 205 g/mol. The molecule has 2 unspecified atom stereocenters. The maximum absolute atomic E-state index is 9.48. The van der Waals surface area contributed by atoms with Crippen molar-refractivity contribution in [2.24, 2.45) is 0 Å². The van der Waals surface area contributed by atoms with Gasteiger partial charge in [0, 0.05) is 11.6 Å². The molecule has 2 rings (SSSR count). The summed E-state index contributed by atoms with van der Waals surface area (Å²) in [5, 5.41) is 18.1. The molecule has 0 fully saturated rings. The number of rotatable bonds is 2. The van der Waals surface area contributed by atoms with E-state index in [0.717, 1.165) is 5.56 Å². The van der Waals surface area contributed by atoms with Gasteiger partial charge in [-0.2, -0.15) is 5.26 Å². The van der Waals surface area contributed by atoms with E-state index in [1.807, 2.05) is 6.07 Å². The van der Waals surface area contributed by atoms with E-state index in [1.54, 1.807) is 25.1 Å². The molecule has 0 aliphatic carbocycles. The van der Waals surface area contributed by atoms with Gasteiger partial charge >= 0.3 is 0 Å². The van der Waals surface area contributed by atoms with Crippen molar-refractivity contribution >= 4 is 0 Å². The van der Waals surface area contributed by atoms with Crippen molar-refractivity contribution in [2.45, 2.75) is 19.1 Å². The minimum Gasteiger partial charge on any atom is -0.490 e. The number of benzene rings is 1. The fraction of sp³-hybridized carbons (Fsp3) is 0.364. The Morgan fingerprint density at radius 2 is 2.47 bits per heavy atom. The Morgan fingerprint density at radius 1 is 1.67 bits per heavy atom. The van der Waals surface area contributed by atoms with Gasteiger partial charge in [-0.05, 0) is 19.1 Å². The number of nitrogens with zero attached hydrogens (tertiary/aromatic N) is 1. The van der Waals surface area contributed by atoms with Gasteiger partial charge in [0.25, 0.3) is 0 Å². The zero-order valence-electron chi connectivity index (χ0n) is 8.30. The lowest BCUT2D eigenvalue weighted by Crippen LogP contribution is -2.07. The molecule has 0 amide bonds. The molecule has 78 valence electrons. The van der Waals surface area contributed by atoms with Gasteiger partial charge in [0.15, 0.2) is 6.10 Å². The van der Waals surface area contributed by atoms with Crippen molar-refractivity contribution in [3.8, 4) is 17.6 Å². The molecule has 0 radical (unpaired) electrons. The lowest BCUT2D eigenvalue weighted by atomic mass is 10.1. The van der Waals surface area contributed by atoms with Crippen LogP contribution in [0.25, 0.3) is 0 Å². The molecule has 4 heteroatoms. The summed E-state index contributed by atoms with van der Waals surface area (Å²) in [6, 6.07) is 7.15. The SMILES string of the molecule is CC(C#N)Oc1ccc2c(c1)OCC2O. The second kappa shape index (κ2) is 3.79. The van der Waals surface area contributed by atoms with Gasteiger partial charge in [0.1, 0.15) is 30.3 Å². The van der Waals surface area contributed by atoms with Crippen molar-refractivity contribution in [2.75, 3.05) is 6.61 Å². The fourth-order valence-electron chi connectivity index (χ4n) is 1.48. The van der Waals surface area contributed by atoms with Crippen LogP contribution in [0, 0.1) is 11.3 Å². The molecule has 0 aromatic heterocycles. The predicted molar refractivity (Wildman–Crippen MR) is 52.6 cm³/mol. The van der Waals surface area contributed by atoms with Crippen LogP contribution in [0.15, 0.2) is 18.2 Å². The standard InChI is InChI=1S/C11H11NO3/c1-7(5-12)15-8-2-3-9-10(13)6-14-11(9)4-8/h2-4,7,10,13H,6H2,1H3. The summed E-state index contributed by atoms with van der Waals surface area (Å²) in [7, 11) is 0. The largest absolute Gasteiger partial charge is 0.490 e. The maximum atomic E-state index is 9.48. The van der Waals surface area contributed by atoms with Gasteiger partial charge in [0.05, 0.1) is 0 Å². The van der Waals surface area contributed by atoms with E-state index in [1.165, 1.54) is 0 Å². The monoisotopic (exact) mass is 205 g/mol. The van der Waals surface area contributed by atoms with E-state index < -0.39 is 12.2 Å². The second-order valence-electron chi connectivity index (χ2n) is 3.42. The zero-order valence-corrected chi connectivity index (χ0v) is 8.30. The van der Waals surface area contributed by atoms with Crippen LogP contribution in [-0.4, -0.2) is 17.8 Å². The topological polar surface area (TPSA) is 62.5 Å². The van der Waals surface area contributed by atoms with Crippen LogP contribution in [0.2, 0.25) is 0 Å². The minimum absolute atomic E-state index is 0.284. The van der Waals surface area contributed by atoms with Gasteiger partial charge in [-0.1, -0.05) is 0 Å². The predicted octanol–water partition coefficient (Wildman–Crippen LogP) is 1.40.